The lowest BCUT2D eigenvalue weighted by Crippen LogP contribution is -2.49. The first-order valence-electron chi connectivity index (χ1n) is 9.07. The summed E-state index contributed by atoms with van der Waals surface area (Å²) in [5.41, 5.74) is 9.34. The van der Waals surface area contributed by atoms with Crippen molar-refractivity contribution < 1.29 is 4.79 Å². The van der Waals surface area contributed by atoms with Gasteiger partial charge in [0.25, 0.3) is 0 Å². The number of amides is 1. The topological polar surface area (TPSA) is 72.4 Å². The monoisotopic (exact) mass is 326 g/mol. The van der Waals surface area contributed by atoms with Crippen LogP contribution in [0.4, 0.5) is 0 Å². The SMILES string of the molecule is Cc1ccc2nc(CNC(=O)C3CC4CCCC(C3)C4N)cn2c1. The van der Waals surface area contributed by atoms with E-state index in [9.17, 15) is 4.79 Å². The average Bonchev–Trinajstić information content (AvgIpc) is 2.94. The highest BCUT2D eigenvalue weighted by molar-refractivity contribution is 5.78. The molecule has 0 aromatic carbocycles. The summed E-state index contributed by atoms with van der Waals surface area (Å²) in [6.45, 7) is 2.56. The largest absolute Gasteiger partial charge is 0.350 e. The van der Waals surface area contributed by atoms with Gasteiger partial charge < -0.3 is 15.5 Å². The number of carbonyl (C=O) groups excluding carboxylic acids is 1. The second kappa shape index (κ2) is 6.20. The Bertz CT molecular complexity index is 739. The van der Waals surface area contributed by atoms with E-state index in [1.165, 1.54) is 24.8 Å². The Morgan fingerprint density at radius 2 is 2.04 bits per heavy atom. The van der Waals surface area contributed by atoms with Crippen molar-refractivity contribution in [3.05, 3.63) is 35.8 Å². The second-order valence-electron chi connectivity index (χ2n) is 7.62. The Morgan fingerprint density at radius 3 is 2.79 bits per heavy atom. The van der Waals surface area contributed by atoms with E-state index in [2.05, 4.69) is 29.5 Å². The third-order valence-corrected chi connectivity index (χ3v) is 5.88. The van der Waals surface area contributed by atoms with E-state index in [4.69, 9.17) is 5.73 Å². The van der Waals surface area contributed by atoms with Gasteiger partial charge in [-0.15, -0.1) is 0 Å². The maximum Gasteiger partial charge on any atom is 0.223 e. The van der Waals surface area contributed by atoms with Crippen molar-refractivity contribution in [1.82, 2.24) is 14.7 Å². The van der Waals surface area contributed by atoms with Crippen molar-refractivity contribution in [3.8, 4) is 0 Å². The molecule has 3 N–H and O–H groups in total. The lowest BCUT2D eigenvalue weighted by Gasteiger charge is -2.43. The molecule has 128 valence electrons. The van der Waals surface area contributed by atoms with E-state index in [0.29, 0.717) is 24.4 Å². The molecule has 2 aromatic heterocycles. The number of nitrogens with zero attached hydrogens (tertiary/aromatic N) is 2. The third kappa shape index (κ3) is 2.93. The summed E-state index contributed by atoms with van der Waals surface area (Å²) in [5.74, 6) is 1.37. The fraction of sp³-hybridized carbons (Fsp3) is 0.579. The predicted octanol–water partition coefficient (Wildman–Crippen LogP) is 2.41. The minimum absolute atomic E-state index is 0.124. The molecule has 5 heteroatoms. The highest BCUT2D eigenvalue weighted by Crippen LogP contribution is 2.41. The molecule has 2 atom stereocenters. The number of nitrogens with two attached hydrogens (primary N) is 1. The molecule has 2 heterocycles. The van der Waals surface area contributed by atoms with Gasteiger partial charge in [-0.25, -0.2) is 4.98 Å². The number of imidazole rings is 1. The predicted molar refractivity (Wildman–Crippen MR) is 93.3 cm³/mol. The summed E-state index contributed by atoms with van der Waals surface area (Å²) in [6.07, 6.45) is 9.60. The first kappa shape index (κ1) is 15.6. The molecule has 2 saturated carbocycles. The van der Waals surface area contributed by atoms with E-state index in [1.807, 2.05) is 16.7 Å². The minimum Gasteiger partial charge on any atom is -0.350 e. The van der Waals surface area contributed by atoms with Crippen LogP contribution in [0.2, 0.25) is 0 Å². The minimum atomic E-state index is 0.124. The number of aryl methyl sites for hydroxylation is 1. The smallest absolute Gasteiger partial charge is 0.223 e. The van der Waals surface area contributed by atoms with Crippen LogP contribution in [-0.4, -0.2) is 21.3 Å². The summed E-state index contributed by atoms with van der Waals surface area (Å²) in [5, 5.41) is 3.09. The summed E-state index contributed by atoms with van der Waals surface area (Å²) < 4.78 is 2.01. The van der Waals surface area contributed by atoms with Crippen molar-refractivity contribution in [2.45, 2.75) is 51.6 Å². The van der Waals surface area contributed by atoms with Gasteiger partial charge in [0.1, 0.15) is 5.65 Å². The van der Waals surface area contributed by atoms with Gasteiger partial charge in [-0.05, 0) is 56.1 Å². The van der Waals surface area contributed by atoms with Crippen molar-refractivity contribution in [1.29, 1.82) is 0 Å². The molecule has 2 bridgehead atoms. The normalized spacial score (nSPS) is 29.6. The Labute approximate surface area is 142 Å². The number of hydrogen-bond acceptors (Lipinski definition) is 3. The fourth-order valence-electron chi connectivity index (χ4n) is 4.57. The molecule has 5 nitrogen and oxygen atoms in total. The Kier molecular flexibility index (Phi) is 4.04. The highest BCUT2D eigenvalue weighted by atomic mass is 16.1. The van der Waals surface area contributed by atoms with Crippen molar-refractivity contribution >= 4 is 11.6 Å². The van der Waals surface area contributed by atoms with E-state index >= 15 is 0 Å². The average molecular weight is 326 g/mol. The Balaban J connectivity index is 1.39. The van der Waals surface area contributed by atoms with Crippen LogP contribution in [0.3, 0.4) is 0 Å². The Morgan fingerprint density at radius 1 is 1.29 bits per heavy atom. The van der Waals surface area contributed by atoms with Crippen LogP contribution in [0, 0.1) is 24.7 Å². The summed E-state index contributed by atoms with van der Waals surface area (Å²) >= 11 is 0. The number of carbonyl (C=O) groups is 1. The standard InChI is InChI=1S/C19H26N4O/c1-12-5-6-17-22-16(11-23(17)10-12)9-21-19(24)15-7-13-3-2-4-14(8-15)18(13)20/h5-6,10-11,13-15,18H,2-4,7-9,20H2,1H3,(H,21,24). The third-order valence-electron chi connectivity index (χ3n) is 5.88. The maximum absolute atomic E-state index is 12.6. The molecule has 2 fully saturated rings. The molecule has 2 unspecified atom stereocenters. The molecule has 0 saturated heterocycles. The first-order valence-corrected chi connectivity index (χ1v) is 9.07. The number of nitrogens with one attached hydrogen (secondary N) is 1. The van der Waals surface area contributed by atoms with Crippen LogP contribution < -0.4 is 11.1 Å². The summed E-state index contributed by atoms with van der Waals surface area (Å²) in [6, 6.07) is 4.36. The molecule has 4 rings (SSSR count). The summed E-state index contributed by atoms with van der Waals surface area (Å²) in [7, 11) is 0. The van der Waals surface area contributed by atoms with Crippen LogP contribution in [0.1, 0.15) is 43.4 Å². The van der Waals surface area contributed by atoms with Gasteiger partial charge in [-0.1, -0.05) is 12.5 Å². The van der Waals surface area contributed by atoms with Crippen molar-refractivity contribution in [2.75, 3.05) is 0 Å². The molecular formula is C19H26N4O. The number of pyridine rings is 1. The van der Waals surface area contributed by atoms with Gasteiger partial charge in [0.15, 0.2) is 0 Å². The molecule has 0 radical (unpaired) electrons. The fourth-order valence-corrected chi connectivity index (χ4v) is 4.57. The van der Waals surface area contributed by atoms with Gasteiger partial charge >= 0.3 is 0 Å². The van der Waals surface area contributed by atoms with Crippen LogP contribution in [0.5, 0.6) is 0 Å². The zero-order chi connectivity index (χ0) is 16.7. The molecule has 2 aromatic rings. The van der Waals surface area contributed by atoms with Gasteiger partial charge in [-0.2, -0.15) is 0 Å². The summed E-state index contributed by atoms with van der Waals surface area (Å²) in [4.78, 5) is 17.2. The van der Waals surface area contributed by atoms with Crippen LogP contribution in [0.15, 0.2) is 24.5 Å². The van der Waals surface area contributed by atoms with Crippen LogP contribution in [0.25, 0.3) is 5.65 Å². The van der Waals surface area contributed by atoms with E-state index in [0.717, 1.165) is 24.2 Å². The molecule has 0 aliphatic heterocycles. The lowest BCUT2D eigenvalue weighted by molar-refractivity contribution is -0.128. The van der Waals surface area contributed by atoms with E-state index < -0.39 is 0 Å². The van der Waals surface area contributed by atoms with E-state index in [-0.39, 0.29) is 11.8 Å². The Hall–Kier alpha value is -1.88. The number of hydrogen-bond donors (Lipinski definition) is 2. The zero-order valence-electron chi connectivity index (χ0n) is 14.2. The van der Waals surface area contributed by atoms with E-state index in [1.54, 1.807) is 0 Å². The zero-order valence-corrected chi connectivity index (χ0v) is 14.2. The molecular weight excluding hydrogens is 300 g/mol. The van der Waals surface area contributed by atoms with Gasteiger partial charge in [0, 0.05) is 24.4 Å². The quantitative estimate of drug-likeness (QED) is 0.910. The van der Waals surface area contributed by atoms with Gasteiger partial charge in [-0.3, -0.25) is 4.79 Å². The van der Waals surface area contributed by atoms with Crippen molar-refractivity contribution in [3.63, 3.8) is 0 Å². The molecule has 0 spiro atoms. The van der Waals surface area contributed by atoms with Crippen molar-refractivity contribution in [2.24, 2.45) is 23.5 Å². The number of fused-ring (bicyclic) bond motifs is 3. The van der Waals surface area contributed by atoms with Crippen LogP contribution >= 0.6 is 0 Å². The van der Waals surface area contributed by atoms with Crippen LogP contribution in [-0.2, 0) is 11.3 Å². The number of rotatable bonds is 3. The molecule has 1 amide bonds. The molecule has 24 heavy (non-hydrogen) atoms. The maximum atomic E-state index is 12.6. The lowest BCUT2D eigenvalue weighted by atomic mass is 9.65. The second-order valence-corrected chi connectivity index (χ2v) is 7.62. The number of aromatic nitrogens is 2. The first-order chi connectivity index (χ1) is 11.6. The van der Waals surface area contributed by atoms with Gasteiger partial charge in [0.2, 0.25) is 5.91 Å². The molecule has 2 aliphatic rings. The molecule has 2 aliphatic carbocycles. The highest BCUT2D eigenvalue weighted by Gasteiger charge is 2.40. The van der Waals surface area contributed by atoms with Gasteiger partial charge in [0.05, 0.1) is 12.2 Å².